The lowest BCUT2D eigenvalue weighted by Gasteiger charge is -2.43. The standard InChI is InChI=1S/C12H24N2/c1-4-10(3)14-8-9(2)13-7-12(14)11-5-6-11/h9-13H,4-8H2,1-3H3. The van der Waals surface area contributed by atoms with Crippen molar-refractivity contribution in [3.05, 3.63) is 0 Å². The summed E-state index contributed by atoms with van der Waals surface area (Å²) in [7, 11) is 0. The van der Waals surface area contributed by atoms with Gasteiger partial charge in [-0.1, -0.05) is 6.92 Å². The van der Waals surface area contributed by atoms with Crippen LogP contribution in [-0.2, 0) is 0 Å². The highest BCUT2D eigenvalue weighted by atomic mass is 15.3. The van der Waals surface area contributed by atoms with Gasteiger partial charge in [0.05, 0.1) is 0 Å². The average molecular weight is 196 g/mol. The van der Waals surface area contributed by atoms with Crippen LogP contribution in [0.3, 0.4) is 0 Å². The third kappa shape index (κ3) is 2.12. The summed E-state index contributed by atoms with van der Waals surface area (Å²) in [5, 5.41) is 3.62. The second-order valence-electron chi connectivity index (χ2n) is 5.17. The molecule has 2 aliphatic rings. The van der Waals surface area contributed by atoms with Gasteiger partial charge >= 0.3 is 0 Å². The van der Waals surface area contributed by atoms with E-state index in [2.05, 4.69) is 31.0 Å². The predicted octanol–water partition coefficient (Wildman–Crippen LogP) is 1.86. The summed E-state index contributed by atoms with van der Waals surface area (Å²) in [5.74, 6) is 1.00. The van der Waals surface area contributed by atoms with Gasteiger partial charge in [0.1, 0.15) is 0 Å². The highest BCUT2D eigenvalue weighted by molar-refractivity contribution is 4.95. The fourth-order valence-corrected chi connectivity index (χ4v) is 2.62. The smallest absolute Gasteiger partial charge is 0.0252 e. The van der Waals surface area contributed by atoms with Crippen molar-refractivity contribution in [2.45, 2.75) is 58.2 Å². The van der Waals surface area contributed by atoms with E-state index in [1.54, 1.807) is 0 Å². The lowest BCUT2D eigenvalue weighted by molar-refractivity contribution is 0.0783. The molecule has 0 aromatic rings. The molecule has 2 rings (SSSR count). The molecule has 82 valence electrons. The minimum Gasteiger partial charge on any atom is -0.311 e. The molecule has 0 radical (unpaired) electrons. The first-order valence-electron chi connectivity index (χ1n) is 6.21. The summed E-state index contributed by atoms with van der Waals surface area (Å²) in [6.45, 7) is 9.46. The SMILES string of the molecule is CCC(C)N1CC(C)NCC1C1CC1. The van der Waals surface area contributed by atoms with Gasteiger partial charge in [-0.3, -0.25) is 4.90 Å². The molecule has 0 spiro atoms. The molecule has 0 bridgehead atoms. The molecule has 0 amide bonds. The first-order valence-corrected chi connectivity index (χ1v) is 6.21. The Bertz CT molecular complexity index is 189. The summed E-state index contributed by atoms with van der Waals surface area (Å²) < 4.78 is 0. The maximum atomic E-state index is 3.62. The lowest BCUT2D eigenvalue weighted by atomic mass is 10.0. The molecule has 0 aromatic heterocycles. The van der Waals surface area contributed by atoms with Crippen LogP contribution in [-0.4, -0.2) is 36.1 Å². The van der Waals surface area contributed by atoms with Crippen molar-refractivity contribution >= 4 is 0 Å². The zero-order valence-electron chi connectivity index (χ0n) is 9.79. The number of nitrogens with zero attached hydrogens (tertiary/aromatic N) is 1. The van der Waals surface area contributed by atoms with E-state index in [1.807, 2.05) is 0 Å². The van der Waals surface area contributed by atoms with E-state index < -0.39 is 0 Å². The Morgan fingerprint density at radius 1 is 1.43 bits per heavy atom. The lowest BCUT2D eigenvalue weighted by Crippen LogP contribution is -2.58. The van der Waals surface area contributed by atoms with E-state index in [0.717, 1.165) is 18.0 Å². The fourth-order valence-electron chi connectivity index (χ4n) is 2.62. The summed E-state index contributed by atoms with van der Waals surface area (Å²) in [4.78, 5) is 2.75. The quantitative estimate of drug-likeness (QED) is 0.741. The number of nitrogens with one attached hydrogen (secondary N) is 1. The molecule has 3 unspecified atom stereocenters. The zero-order chi connectivity index (χ0) is 10.1. The Balaban J connectivity index is 1.98. The van der Waals surface area contributed by atoms with E-state index in [9.17, 15) is 0 Å². The third-order valence-corrected chi connectivity index (χ3v) is 3.91. The van der Waals surface area contributed by atoms with Crippen LogP contribution in [0.4, 0.5) is 0 Å². The van der Waals surface area contributed by atoms with Crippen LogP contribution in [0.1, 0.15) is 40.0 Å². The van der Waals surface area contributed by atoms with Gasteiger partial charge in [-0.15, -0.1) is 0 Å². The molecule has 1 aliphatic carbocycles. The van der Waals surface area contributed by atoms with Crippen molar-refractivity contribution in [3.8, 4) is 0 Å². The molecular formula is C12H24N2. The van der Waals surface area contributed by atoms with Gasteiger partial charge in [0, 0.05) is 31.2 Å². The van der Waals surface area contributed by atoms with E-state index >= 15 is 0 Å². The molecule has 2 nitrogen and oxygen atoms in total. The normalized spacial score (nSPS) is 37.1. The molecule has 1 aliphatic heterocycles. The van der Waals surface area contributed by atoms with Gasteiger partial charge in [-0.2, -0.15) is 0 Å². The number of rotatable bonds is 3. The molecule has 1 saturated heterocycles. The molecule has 2 heteroatoms. The monoisotopic (exact) mass is 196 g/mol. The molecule has 1 N–H and O–H groups in total. The number of hydrogen-bond donors (Lipinski definition) is 1. The molecule has 1 heterocycles. The summed E-state index contributed by atoms with van der Waals surface area (Å²) in [5.41, 5.74) is 0. The van der Waals surface area contributed by atoms with Gasteiger partial charge in [-0.05, 0) is 39.0 Å². The van der Waals surface area contributed by atoms with E-state index in [1.165, 1.54) is 32.4 Å². The second-order valence-corrected chi connectivity index (χ2v) is 5.17. The fraction of sp³-hybridized carbons (Fsp3) is 1.00. The molecular weight excluding hydrogens is 172 g/mol. The zero-order valence-corrected chi connectivity index (χ0v) is 9.79. The summed E-state index contributed by atoms with van der Waals surface area (Å²) in [6, 6.07) is 2.28. The Morgan fingerprint density at radius 2 is 2.14 bits per heavy atom. The van der Waals surface area contributed by atoms with Crippen molar-refractivity contribution < 1.29 is 0 Å². The van der Waals surface area contributed by atoms with Crippen molar-refractivity contribution in [2.24, 2.45) is 5.92 Å². The van der Waals surface area contributed by atoms with Crippen LogP contribution in [0.15, 0.2) is 0 Å². The van der Waals surface area contributed by atoms with E-state index in [4.69, 9.17) is 0 Å². The van der Waals surface area contributed by atoms with E-state index in [-0.39, 0.29) is 0 Å². The summed E-state index contributed by atoms with van der Waals surface area (Å²) >= 11 is 0. The Hall–Kier alpha value is -0.0800. The van der Waals surface area contributed by atoms with Crippen molar-refractivity contribution in [1.82, 2.24) is 10.2 Å². The summed E-state index contributed by atoms with van der Waals surface area (Å²) in [6.07, 6.45) is 4.22. The Labute approximate surface area is 88.1 Å². The van der Waals surface area contributed by atoms with Gasteiger partial charge < -0.3 is 5.32 Å². The highest BCUT2D eigenvalue weighted by Gasteiger charge is 2.39. The molecule has 0 aromatic carbocycles. The first-order chi connectivity index (χ1) is 6.72. The predicted molar refractivity (Wildman–Crippen MR) is 60.4 cm³/mol. The van der Waals surface area contributed by atoms with Crippen molar-refractivity contribution in [1.29, 1.82) is 0 Å². The minimum absolute atomic E-state index is 0.680. The third-order valence-electron chi connectivity index (χ3n) is 3.91. The van der Waals surface area contributed by atoms with Crippen LogP contribution in [0.2, 0.25) is 0 Å². The molecule has 3 atom stereocenters. The molecule has 14 heavy (non-hydrogen) atoms. The van der Waals surface area contributed by atoms with Gasteiger partial charge in [0.25, 0.3) is 0 Å². The minimum atomic E-state index is 0.680. The topological polar surface area (TPSA) is 15.3 Å². The van der Waals surface area contributed by atoms with Gasteiger partial charge in [0.2, 0.25) is 0 Å². The van der Waals surface area contributed by atoms with Gasteiger partial charge in [-0.25, -0.2) is 0 Å². The van der Waals surface area contributed by atoms with Crippen LogP contribution >= 0.6 is 0 Å². The van der Waals surface area contributed by atoms with Crippen molar-refractivity contribution in [3.63, 3.8) is 0 Å². The van der Waals surface area contributed by atoms with Crippen LogP contribution in [0.5, 0.6) is 0 Å². The first kappa shape index (κ1) is 10.4. The second kappa shape index (κ2) is 4.19. The molecule has 1 saturated carbocycles. The van der Waals surface area contributed by atoms with Crippen molar-refractivity contribution in [2.75, 3.05) is 13.1 Å². The maximum absolute atomic E-state index is 3.62. The van der Waals surface area contributed by atoms with Crippen LogP contribution in [0, 0.1) is 5.92 Å². The Morgan fingerprint density at radius 3 is 2.71 bits per heavy atom. The highest BCUT2D eigenvalue weighted by Crippen LogP contribution is 2.37. The average Bonchev–Trinajstić information content (AvgIpc) is 3.00. The van der Waals surface area contributed by atoms with Gasteiger partial charge in [0.15, 0.2) is 0 Å². The molecule has 2 fully saturated rings. The number of hydrogen-bond acceptors (Lipinski definition) is 2. The maximum Gasteiger partial charge on any atom is 0.0252 e. The van der Waals surface area contributed by atoms with Crippen LogP contribution < -0.4 is 5.32 Å². The Kier molecular flexibility index (Phi) is 3.13. The van der Waals surface area contributed by atoms with E-state index in [0.29, 0.717) is 6.04 Å². The number of piperazine rings is 1. The largest absolute Gasteiger partial charge is 0.311 e. The van der Waals surface area contributed by atoms with Crippen LogP contribution in [0.25, 0.3) is 0 Å².